The summed E-state index contributed by atoms with van der Waals surface area (Å²) in [7, 11) is 4.24. The van der Waals surface area contributed by atoms with Gasteiger partial charge in [0.05, 0.1) is 5.69 Å². The number of rotatable bonds is 3. The van der Waals surface area contributed by atoms with Crippen LogP contribution in [-0.4, -0.2) is 52.3 Å². The number of hydrogen-bond donors (Lipinski definition) is 0. The SMILES string of the molecule is CC(C)[C@@H]1CN(C)CCN1Cc1ccnn1C. The van der Waals surface area contributed by atoms with Crippen molar-refractivity contribution in [2.45, 2.75) is 26.4 Å². The van der Waals surface area contributed by atoms with Crippen molar-refractivity contribution in [1.29, 1.82) is 0 Å². The van der Waals surface area contributed by atoms with Crippen molar-refractivity contribution in [3.05, 3.63) is 18.0 Å². The van der Waals surface area contributed by atoms with Gasteiger partial charge < -0.3 is 4.90 Å². The van der Waals surface area contributed by atoms with E-state index in [0.29, 0.717) is 12.0 Å². The minimum Gasteiger partial charge on any atom is -0.304 e. The Morgan fingerprint density at radius 3 is 2.71 bits per heavy atom. The third-order valence-electron chi connectivity index (χ3n) is 3.79. The summed E-state index contributed by atoms with van der Waals surface area (Å²) in [6.45, 7) is 9.16. The van der Waals surface area contributed by atoms with Crippen LogP contribution in [0.1, 0.15) is 19.5 Å². The van der Waals surface area contributed by atoms with Gasteiger partial charge in [-0.15, -0.1) is 0 Å². The van der Waals surface area contributed by atoms with Crippen molar-refractivity contribution < 1.29 is 0 Å². The Labute approximate surface area is 104 Å². The van der Waals surface area contributed by atoms with Crippen molar-refractivity contribution in [2.75, 3.05) is 26.7 Å². The Balaban J connectivity index is 2.05. The molecule has 2 rings (SSSR count). The normalized spacial score (nSPS) is 23.5. The van der Waals surface area contributed by atoms with Gasteiger partial charge in [0.2, 0.25) is 0 Å². The Morgan fingerprint density at radius 2 is 2.12 bits per heavy atom. The van der Waals surface area contributed by atoms with Gasteiger partial charge in [-0.1, -0.05) is 13.8 Å². The van der Waals surface area contributed by atoms with E-state index in [1.807, 2.05) is 17.9 Å². The summed E-state index contributed by atoms with van der Waals surface area (Å²) < 4.78 is 1.98. The Hall–Kier alpha value is -0.870. The summed E-state index contributed by atoms with van der Waals surface area (Å²) in [5.74, 6) is 0.700. The second-order valence-corrected chi connectivity index (χ2v) is 5.49. The molecule has 1 saturated heterocycles. The van der Waals surface area contributed by atoms with Crippen LogP contribution in [0.3, 0.4) is 0 Å². The molecule has 0 aromatic carbocycles. The van der Waals surface area contributed by atoms with Crippen LogP contribution in [0.2, 0.25) is 0 Å². The van der Waals surface area contributed by atoms with E-state index < -0.39 is 0 Å². The number of aromatic nitrogens is 2. The maximum absolute atomic E-state index is 4.25. The fraction of sp³-hybridized carbons (Fsp3) is 0.769. The fourth-order valence-corrected chi connectivity index (χ4v) is 2.58. The Kier molecular flexibility index (Phi) is 3.84. The van der Waals surface area contributed by atoms with Gasteiger partial charge in [-0.2, -0.15) is 5.10 Å². The van der Waals surface area contributed by atoms with Crippen LogP contribution in [0.25, 0.3) is 0 Å². The molecule has 0 unspecified atom stereocenters. The standard InChI is InChI=1S/C13H24N4/c1-11(2)13-10-15(3)7-8-17(13)9-12-5-6-14-16(12)4/h5-6,11,13H,7-10H2,1-4H3/t13-/m0/s1. The lowest BCUT2D eigenvalue weighted by Crippen LogP contribution is -2.53. The maximum atomic E-state index is 4.25. The zero-order chi connectivity index (χ0) is 12.4. The van der Waals surface area contributed by atoms with Gasteiger partial charge in [-0.25, -0.2) is 0 Å². The van der Waals surface area contributed by atoms with Crippen LogP contribution < -0.4 is 0 Å². The highest BCUT2D eigenvalue weighted by atomic mass is 15.3. The molecule has 0 bridgehead atoms. The first-order chi connectivity index (χ1) is 8.08. The minimum atomic E-state index is 0.656. The fourth-order valence-electron chi connectivity index (χ4n) is 2.58. The van der Waals surface area contributed by atoms with Gasteiger partial charge in [0.15, 0.2) is 0 Å². The number of piperazine rings is 1. The monoisotopic (exact) mass is 236 g/mol. The molecule has 17 heavy (non-hydrogen) atoms. The van der Waals surface area contributed by atoms with Crippen LogP contribution in [0, 0.1) is 5.92 Å². The quantitative estimate of drug-likeness (QED) is 0.788. The topological polar surface area (TPSA) is 24.3 Å². The third kappa shape index (κ3) is 2.87. The van der Waals surface area contributed by atoms with Gasteiger partial charge >= 0.3 is 0 Å². The van der Waals surface area contributed by atoms with Crippen molar-refractivity contribution in [3.8, 4) is 0 Å². The predicted octanol–water partition coefficient (Wildman–Crippen LogP) is 1.19. The smallest absolute Gasteiger partial charge is 0.0521 e. The molecular weight excluding hydrogens is 212 g/mol. The van der Waals surface area contributed by atoms with E-state index in [4.69, 9.17) is 0 Å². The van der Waals surface area contributed by atoms with Crippen molar-refractivity contribution in [3.63, 3.8) is 0 Å². The van der Waals surface area contributed by atoms with E-state index in [9.17, 15) is 0 Å². The third-order valence-corrected chi connectivity index (χ3v) is 3.79. The Bertz CT molecular complexity index is 358. The highest BCUT2D eigenvalue weighted by molar-refractivity contribution is 5.01. The van der Waals surface area contributed by atoms with E-state index in [0.717, 1.165) is 13.1 Å². The molecule has 0 amide bonds. The highest BCUT2D eigenvalue weighted by Gasteiger charge is 2.27. The molecular formula is C13H24N4. The molecule has 1 aliphatic heterocycles. The van der Waals surface area contributed by atoms with Crippen molar-refractivity contribution >= 4 is 0 Å². The second kappa shape index (κ2) is 5.19. The molecule has 0 spiro atoms. The van der Waals surface area contributed by atoms with Crippen LogP contribution in [0.4, 0.5) is 0 Å². The molecule has 0 aliphatic carbocycles. The zero-order valence-electron chi connectivity index (χ0n) is 11.4. The number of likely N-dealkylation sites (N-methyl/N-ethyl adjacent to an activating group) is 1. The van der Waals surface area contributed by atoms with Crippen LogP contribution in [-0.2, 0) is 13.6 Å². The molecule has 2 heterocycles. The van der Waals surface area contributed by atoms with Gasteiger partial charge in [0, 0.05) is 45.5 Å². The van der Waals surface area contributed by atoms with E-state index in [-0.39, 0.29) is 0 Å². The summed E-state index contributed by atoms with van der Waals surface area (Å²) in [4.78, 5) is 5.03. The first kappa shape index (κ1) is 12.6. The molecule has 1 aromatic rings. The average Bonchev–Trinajstić information content (AvgIpc) is 2.67. The summed E-state index contributed by atoms with van der Waals surface area (Å²) in [5.41, 5.74) is 1.31. The lowest BCUT2D eigenvalue weighted by Gasteiger charge is -2.42. The molecule has 1 atom stereocenters. The second-order valence-electron chi connectivity index (χ2n) is 5.49. The van der Waals surface area contributed by atoms with E-state index in [2.05, 4.69) is 41.9 Å². The highest BCUT2D eigenvalue weighted by Crippen LogP contribution is 2.18. The van der Waals surface area contributed by atoms with Gasteiger partial charge in [0.25, 0.3) is 0 Å². The molecule has 0 saturated carbocycles. The van der Waals surface area contributed by atoms with Gasteiger partial charge in [-0.05, 0) is 19.0 Å². The number of hydrogen-bond acceptors (Lipinski definition) is 3. The zero-order valence-corrected chi connectivity index (χ0v) is 11.4. The average molecular weight is 236 g/mol. The lowest BCUT2D eigenvalue weighted by molar-refractivity contribution is 0.0553. The van der Waals surface area contributed by atoms with Crippen molar-refractivity contribution in [2.24, 2.45) is 13.0 Å². The summed E-state index contributed by atoms with van der Waals surface area (Å²) in [6, 6.07) is 2.78. The minimum absolute atomic E-state index is 0.656. The molecule has 0 N–H and O–H groups in total. The largest absolute Gasteiger partial charge is 0.304 e. The van der Waals surface area contributed by atoms with Gasteiger partial charge in [-0.3, -0.25) is 9.58 Å². The molecule has 1 aliphatic rings. The van der Waals surface area contributed by atoms with E-state index in [1.54, 1.807) is 0 Å². The first-order valence-corrected chi connectivity index (χ1v) is 6.47. The number of aryl methyl sites for hydroxylation is 1. The summed E-state index contributed by atoms with van der Waals surface area (Å²) in [6.07, 6.45) is 1.88. The van der Waals surface area contributed by atoms with Crippen LogP contribution in [0.15, 0.2) is 12.3 Å². The first-order valence-electron chi connectivity index (χ1n) is 6.47. The molecule has 1 fully saturated rings. The molecule has 1 aromatic heterocycles. The maximum Gasteiger partial charge on any atom is 0.0521 e. The van der Waals surface area contributed by atoms with Crippen LogP contribution in [0.5, 0.6) is 0 Å². The predicted molar refractivity (Wildman–Crippen MR) is 69.7 cm³/mol. The van der Waals surface area contributed by atoms with E-state index >= 15 is 0 Å². The molecule has 0 radical (unpaired) electrons. The Morgan fingerprint density at radius 1 is 1.35 bits per heavy atom. The summed E-state index contributed by atoms with van der Waals surface area (Å²) >= 11 is 0. The molecule has 96 valence electrons. The molecule has 4 heteroatoms. The summed E-state index contributed by atoms with van der Waals surface area (Å²) in [5, 5.41) is 4.25. The van der Waals surface area contributed by atoms with Crippen LogP contribution >= 0.6 is 0 Å². The van der Waals surface area contributed by atoms with E-state index in [1.165, 1.54) is 18.8 Å². The number of nitrogens with zero attached hydrogens (tertiary/aromatic N) is 4. The van der Waals surface area contributed by atoms with Crippen molar-refractivity contribution in [1.82, 2.24) is 19.6 Å². The van der Waals surface area contributed by atoms with Gasteiger partial charge in [0.1, 0.15) is 0 Å². The lowest BCUT2D eigenvalue weighted by atomic mass is 9.99. The molecule has 4 nitrogen and oxygen atoms in total.